The Morgan fingerprint density at radius 3 is 2.56 bits per heavy atom. The summed E-state index contributed by atoms with van der Waals surface area (Å²) >= 11 is 6.42. The lowest BCUT2D eigenvalue weighted by atomic mass is 9.94. The number of halogens is 1. The highest BCUT2D eigenvalue weighted by atomic mass is 35.5. The number of ether oxygens (including phenoxy) is 1. The number of esters is 1. The van der Waals surface area contributed by atoms with Crippen LogP contribution in [-0.2, 0) is 14.3 Å². The number of carbonyl (C=O) groups excluding carboxylic acids is 3. The monoisotopic (exact) mass is 462 g/mol. The molecular formula is C23H31ClN4O4. The maximum atomic E-state index is 13.1. The predicted molar refractivity (Wildman–Crippen MR) is 122 cm³/mol. The lowest BCUT2D eigenvalue weighted by molar-refractivity contribution is -0.139. The van der Waals surface area contributed by atoms with Crippen LogP contribution in [0.2, 0.25) is 5.02 Å². The first-order valence-corrected chi connectivity index (χ1v) is 11.4. The molecule has 1 aromatic carbocycles. The third-order valence-electron chi connectivity index (χ3n) is 6.00. The summed E-state index contributed by atoms with van der Waals surface area (Å²) in [6.45, 7) is 8.15. The fraction of sp³-hybridized carbons (Fsp3) is 0.522. The van der Waals surface area contributed by atoms with Crippen molar-refractivity contribution in [1.82, 2.24) is 20.0 Å². The fourth-order valence-corrected chi connectivity index (χ4v) is 4.55. The highest BCUT2D eigenvalue weighted by Crippen LogP contribution is 2.34. The van der Waals surface area contributed by atoms with Crippen LogP contribution in [0.3, 0.4) is 0 Å². The molecular weight excluding hydrogens is 432 g/mol. The predicted octanol–water partition coefficient (Wildman–Crippen LogP) is 2.80. The first-order chi connectivity index (χ1) is 15.3. The number of urea groups is 1. The summed E-state index contributed by atoms with van der Waals surface area (Å²) < 4.78 is 5.37. The zero-order chi connectivity index (χ0) is 23.4. The third kappa shape index (κ3) is 4.91. The summed E-state index contributed by atoms with van der Waals surface area (Å²) in [6, 6.07) is 6.18. The van der Waals surface area contributed by atoms with E-state index in [2.05, 4.69) is 10.2 Å². The Balaban J connectivity index is 1.97. The van der Waals surface area contributed by atoms with E-state index in [1.165, 1.54) is 4.90 Å². The summed E-state index contributed by atoms with van der Waals surface area (Å²) in [4.78, 5) is 43.6. The zero-order valence-corrected chi connectivity index (χ0v) is 19.8. The summed E-state index contributed by atoms with van der Waals surface area (Å²) in [5.74, 6) is -0.344. The van der Waals surface area contributed by atoms with E-state index in [1.807, 2.05) is 24.8 Å². The van der Waals surface area contributed by atoms with Crippen LogP contribution >= 0.6 is 11.6 Å². The lowest BCUT2D eigenvalue weighted by Crippen LogP contribution is -2.56. The Labute approximate surface area is 194 Å². The van der Waals surface area contributed by atoms with Crippen molar-refractivity contribution < 1.29 is 19.1 Å². The van der Waals surface area contributed by atoms with Gasteiger partial charge in [-0.25, -0.2) is 9.59 Å². The van der Waals surface area contributed by atoms with Crippen molar-refractivity contribution >= 4 is 29.5 Å². The minimum atomic E-state index is -0.707. The van der Waals surface area contributed by atoms with Crippen LogP contribution in [0.5, 0.6) is 0 Å². The Hall–Kier alpha value is -2.58. The maximum Gasteiger partial charge on any atom is 0.338 e. The second-order valence-corrected chi connectivity index (χ2v) is 8.48. The van der Waals surface area contributed by atoms with Gasteiger partial charge in [0.05, 0.1) is 18.2 Å². The van der Waals surface area contributed by atoms with Gasteiger partial charge in [0.25, 0.3) is 0 Å². The summed E-state index contributed by atoms with van der Waals surface area (Å²) in [7, 11) is 1.65. The zero-order valence-electron chi connectivity index (χ0n) is 19.1. The number of nitrogens with one attached hydrogen (secondary N) is 1. The molecule has 0 saturated carbocycles. The molecule has 0 aliphatic carbocycles. The van der Waals surface area contributed by atoms with Crippen LogP contribution < -0.4 is 5.32 Å². The van der Waals surface area contributed by atoms with Gasteiger partial charge in [0.1, 0.15) is 0 Å². The minimum absolute atomic E-state index is 0.0462. The van der Waals surface area contributed by atoms with E-state index in [0.717, 1.165) is 0 Å². The van der Waals surface area contributed by atoms with Gasteiger partial charge in [0.2, 0.25) is 5.91 Å². The van der Waals surface area contributed by atoms with Gasteiger partial charge in [-0.2, -0.15) is 0 Å². The molecule has 1 N–H and O–H groups in total. The highest BCUT2D eigenvalue weighted by Gasteiger charge is 2.39. The van der Waals surface area contributed by atoms with Crippen LogP contribution in [0.25, 0.3) is 0 Å². The van der Waals surface area contributed by atoms with Gasteiger partial charge < -0.3 is 15.0 Å². The van der Waals surface area contributed by atoms with E-state index in [1.54, 1.807) is 32.2 Å². The SMILES string of the molecule is CCOC(=O)C1=C(CN2CCN(C(=O)CC)[C@@H](C)C2)N(C)C(=O)N[C@@H]1c1ccccc1Cl. The summed E-state index contributed by atoms with van der Waals surface area (Å²) in [5, 5.41) is 3.35. The van der Waals surface area contributed by atoms with Crippen LogP contribution in [0.15, 0.2) is 35.5 Å². The first-order valence-electron chi connectivity index (χ1n) is 11.0. The van der Waals surface area contributed by atoms with Crippen LogP contribution in [0.4, 0.5) is 4.79 Å². The standard InChI is InChI=1S/C23H31ClN4O4/c1-5-19(29)28-12-11-27(13-15(28)3)14-18-20(22(30)32-6-2)21(25-23(31)26(18)4)16-9-7-8-10-17(16)24/h7-10,15,21H,5-6,11-14H2,1-4H3,(H,25,31)/t15-,21+/m0/s1. The van der Waals surface area contributed by atoms with Gasteiger partial charge in [0.15, 0.2) is 0 Å². The Morgan fingerprint density at radius 2 is 1.94 bits per heavy atom. The van der Waals surface area contributed by atoms with E-state index in [4.69, 9.17) is 16.3 Å². The summed E-state index contributed by atoms with van der Waals surface area (Å²) in [6.07, 6.45) is 0.477. The molecule has 2 aliphatic heterocycles. The van der Waals surface area contributed by atoms with Crippen LogP contribution in [0.1, 0.15) is 38.8 Å². The van der Waals surface area contributed by atoms with Crippen molar-refractivity contribution in [3.63, 3.8) is 0 Å². The number of carbonyl (C=O) groups is 3. The second kappa shape index (κ2) is 10.4. The van der Waals surface area contributed by atoms with Crippen molar-refractivity contribution in [3.8, 4) is 0 Å². The normalized spacial score (nSPS) is 22.1. The van der Waals surface area contributed by atoms with Crippen molar-refractivity contribution in [3.05, 3.63) is 46.1 Å². The number of likely N-dealkylation sites (N-methyl/N-ethyl adjacent to an activating group) is 1. The van der Waals surface area contributed by atoms with Crippen LogP contribution in [0, 0.1) is 0 Å². The number of hydrogen-bond acceptors (Lipinski definition) is 5. The molecule has 1 saturated heterocycles. The van der Waals surface area contributed by atoms with E-state index in [0.29, 0.717) is 54.5 Å². The van der Waals surface area contributed by atoms with Crippen molar-refractivity contribution in [2.75, 3.05) is 39.8 Å². The average Bonchev–Trinajstić information content (AvgIpc) is 2.77. The van der Waals surface area contributed by atoms with Gasteiger partial charge in [-0.05, 0) is 25.5 Å². The molecule has 32 heavy (non-hydrogen) atoms. The molecule has 2 atom stereocenters. The Kier molecular flexibility index (Phi) is 7.79. The number of hydrogen-bond donors (Lipinski definition) is 1. The molecule has 3 rings (SSSR count). The maximum absolute atomic E-state index is 13.1. The molecule has 0 spiro atoms. The molecule has 1 fully saturated rings. The third-order valence-corrected chi connectivity index (χ3v) is 6.34. The minimum Gasteiger partial charge on any atom is -0.463 e. The van der Waals surface area contributed by atoms with E-state index >= 15 is 0 Å². The molecule has 174 valence electrons. The number of rotatable bonds is 6. The van der Waals surface area contributed by atoms with Crippen molar-refractivity contribution in [1.29, 1.82) is 0 Å². The molecule has 3 amide bonds. The molecule has 9 heteroatoms. The number of nitrogens with zero attached hydrogens (tertiary/aromatic N) is 3. The number of benzene rings is 1. The Bertz CT molecular complexity index is 919. The molecule has 0 aromatic heterocycles. The fourth-order valence-electron chi connectivity index (χ4n) is 4.30. The Morgan fingerprint density at radius 1 is 1.22 bits per heavy atom. The topological polar surface area (TPSA) is 82.2 Å². The van der Waals surface area contributed by atoms with Gasteiger partial charge >= 0.3 is 12.0 Å². The van der Waals surface area contributed by atoms with E-state index in [-0.39, 0.29) is 24.6 Å². The first kappa shape index (κ1) is 24.1. The van der Waals surface area contributed by atoms with Gasteiger partial charge in [0, 0.05) is 56.4 Å². The molecule has 0 radical (unpaired) electrons. The van der Waals surface area contributed by atoms with E-state index in [9.17, 15) is 14.4 Å². The number of piperazine rings is 1. The van der Waals surface area contributed by atoms with Gasteiger partial charge in [-0.3, -0.25) is 14.6 Å². The molecule has 0 unspecified atom stereocenters. The quantitative estimate of drug-likeness (QED) is 0.657. The van der Waals surface area contributed by atoms with Gasteiger partial charge in [-0.15, -0.1) is 0 Å². The van der Waals surface area contributed by atoms with Crippen molar-refractivity contribution in [2.24, 2.45) is 0 Å². The molecule has 2 heterocycles. The molecule has 0 bridgehead atoms. The van der Waals surface area contributed by atoms with Gasteiger partial charge in [-0.1, -0.05) is 36.7 Å². The molecule has 2 aliphatic rings. The average molecular weight is 463 g/mol. The number of amides is 3. The summed E-state index contributed by atoms with van der Waals surface area (Å²) in [5.41, 5.74) is 1.60. The largest absolute Gasteiger partial charge is 0.463 e. The van der Waals surface area contributed by atoms with Crippen LogP contribution in [-0.4, -0.2) is 78.5 Å². The smallest absolute Gasteiger partial charge is 0.338 e. The molecule has 8 nitrogen and oxygen atoms in total. The van der Waals surface area contributed by atoms with Crippen molar-refractivity contribution in [2.45, 2.75) is 39.3 Å². The second-order valence-electron chi connectivity index (χ2n) is 8.07. The lowest BCUT2D eigenvalue weighted by Gasteiger charge is -2.42. The highest BCUT2D eigenvalue weighted by molar-refractivity contribution is 6.31. The molecule has 1 aromatic rings. The van der Waals surface area contributed by atoms with E-state index < -0.39 is 12.0 Å².